The van der Waals surface area contributed by atoms with E-state index < -0.39 is 27.9 Å². The van der Waals surface area contributed by atoms with Crippen molar-refractivity contribution in [3.8, 4) is 5.75 Å². The average Bonchev–Trinajstić information content (AvgIpc) is 2.76. The van der Waals surface area contributed by atoms with E-state index in [0.717, 1.165) is 11.8 Å². The number of nitrogens with zero attached hydrogens (tertiary/aromatic N) is 1. The van der Waals surface area contributed by atoms with Crippen LogP contribution in [-0.2, 0) is 14.8 Å². The van der Waals surface area contributed by atoms with Crippen LogP contribution in [0, 0.1) is 12.7 Å². The van der Waals surface area contributed by atoms with Gasteiger partial charge >= 0.3 is 0 Å². The van der Waals surface area contributed by atoms with E-state index in [2.05, 4.69) is 21.2 Å². The fourth-order valence-corrected chi connectivity index (χ4v) is 4.09. The molecule has 1 amide bonds. The molecule has 2 aromatic rings. The van der Waals surface area contributed by atoms with E-state index in [-0.39, 0.29) is 18.7 Å². The van der Waals surface area contributed by atoms with Crippen molar-refractivity contribution in [3.05, 3.63) is 52.3 Å². The fourth-order valence-electron chi connectivity index (χ4n) is 2.82. The monoisotopic (exact) mass is 456 g/mol. The Morgan fingerprint density at radius 3 is 2.70 bits per heavy atom. The van der Waals surface area contributed by atoms with E-state index in [1.807, 2.05) is 6.92 Å². The molecule has 1 atom stereocenters. The molecule has 1 aliphatic rings. The molecule has 0 radical (unpaired) electrons. The fraction of sp³-hybridized carbons (Fsp3) is 0.278. The van der Waals surface area contributed by atoms with Crippen molar-refractivity contribution >= 4 is 43.2 Å². The third kappa shape index (κ3) is 4.41. The Labute approximate surface area is 165 Å². The van der Waals surface area contributed by atoms with Crippen molar-refractivity contribution in [2.45, 2.75) is 19.4 Å². The minimum atomic E-state index is -3.54. The molecule has 0 bridgehead atoms. The second-order valence-corrected chi connectivity index (χ2v) is 9.14. The zero-order valence-electron chi connectivity index (χ0n) is 14.7. The highest BCUT2D eigenvalue weighted by Gasteiger charge is 2.31. The maximum atomic E-state index is 14.0. The molecule has 0 fully saturated rings. The van der Waals surface area contributed by atoms with Gasteiger partial charge in [-0.3, -0.25) is 9.10 Å². The molecule has 1 N–H and O–H groups in total. The lowest BCUT2D eigenvalue weighted by atomic mass is 10.2. The summed E-state index contributed by atoms with van der Waals surface area (Å²) in [7, 11) is -3.54. The second-order valence-electron chi connectivity index (χ2n) is 6.31. The normalized spacial score (nSPS) is 16.9. The zero-order chi connectivity index (χ0) is 19.8. The topological polar surface area (TPSA) is 75.7 Å². The lowest BCUT2D eigenvalue weighted by molar-refractivity contribution is -0.122. The molecule has 1 unspecified atom stereocenters. The average molecular weight is 457 g/mol. The highest BCUT2D eigenvalue weighted by Crippen LogP contribution is 2.35. The summed E-state index contributed by atoms with van der Waals surface area (Å²) < 4.78 is 45.9. The molecule has 144 valence electrons. The first-order chi connectivity index (χ1) is 12.6. The Kier molecular flexibility index (Phi) is 5.43. The van der Waals surface area contributed by atoms with Crippen molar-refractivity contribution in [1.29, 1.82) is 0 Å². The SMILES string of the molecule is Cc1ccc2c(c1)N(S(C)(=O)=O)CCC(C(=O)Nc1ccc(Br)cc1F)O2. The van der Waals surface area contributed by atoms with Gasteiger partial charge in [0.1, 0.15) is 11.6 Å². The molecule has 1 heterocycles. The van der Waals surface area contributed by atoms with Crippen molar-refractivity contribution < 1.29 is 22.3 Å². The first kappa shape index (κ1) is 19.6. The number of fused-ring (bicyclic) bond motifs is 1. The van der Waals surface area contributed by atoms with Crippen molar-refractivity contribution in [2.24, 2.45) is 0 Å². The third-order valence-corrected chi connectivity index (χ3v) is 5.80. The molecule has 6 nitrogen and oxygen atoms in total. The number of anilines is 2. The number of ether oxygens (including phenoxy) is 1. The summed E-state index contributed by atoms with van der Waals surface area (Å²) in [5, 5.41) is 2.50. The number of hydrogen-bond donors (Lipinski definition) is 1. The molecule has 9 heteroatoms. The van der Waals surface area contributed by atoms with Gasteiger partial charge in [0.05, 0.1) is 17.6 Å². The predicted octanol–water partition coefficient (Wildman–Crippen LogP) is 3.45. The number of carbonyl (C=O) groups excluding carboxylic acids is 1. The number of amides is 1. The molecule has 0 saturated carbocycles. The van der Waals surface area contributed by atoms with Crippen LogP contribution in [0.25, 0.3) is 0 Å². The summed E-state index contributed by atoms with van der Waals surface area (Å²) in [6, 6.07) is 9.39. The Morgan fingerprint density at radius 1 is 1.30 bits per heavy atom. The number of hydrogen-bond acceptors (Lipinski definition) is 4. The highest BCUT2D eigenvalue weighted by molar-refractivity contribution is 9.10. The van der Waals surface area contributed by atoms with Gasteiger partial charge in [0, 0.05) is 17.4 Å². The number of rotatable bonds is 3. The van der Waals surface area contributed by atoms with E-state index in [1.165, 1.54) is 16.4 Å². The minimum Gasteiger partial charge on any atom is -0.478 e. The van der Waals surface area contributed by atoms with Gasteiger partial charge in [-0.2, -0.15) is 0 Å². The van der Waals surface area contributed by atoms with Gasteiger partial charge in [0.15, 0.2) is 6.10 Å². The number of halogens is 2. The zero-order valence-corrected chi connectivity index (χ0v) is 17.1. The van der Waals surface area contributed by atoms with Crippen LogP contribution in [0.5, 0.6) is 5.75 Å². The molecule has 0 aliphatic carbocycles. The van der Waals surface area contributed by atoms with Gasteiger partial charge in [-0.25, -0.2) is 12.8 Å². The summed E-state index contributed by atoms with van der Waals surface area (Å²) in [4.78, 5) is 12.6. The van der Waals surface area contributed by atoms with Gasteiger partial charge in [0.25, 0.3) is 5.91 Å². The van der Waals surface area contributed by atoms with Gasteiger partial charge in [-0.15, -0.1) is 0 Å². The Balaban J connectivity index is 1.88. The number of nitrogens with one attached hydrogen (secondary N) is 1. The van der Waals surface area contributed by atoms with E-state index in [9.17, 15) is 17.6 Å². The molecule has 3 rings (SSSR count). The van der Waals surface area contributed by atoms with Gasteiger partial charge in [-0.05, 0) is 42.8 Å². The maximum absolute atomic E-state index is 14.0. The van der Waals surface area contributed by atoms with E-state index >= 15 is 0 Å². The number of sulfonamides is 1. The van der Waals surface area contributed by atoms with E-state index in [4.69, 9.17) is 4.74 Å². The lowest BCUT2D eigenvalue weighted by Gasteiger charge is -2.21. The Hall–Kier alpha value is -2.13. The van der Waals surface area contributed by atoms with Crippen LogP contribution in [0.4, 0.5) is 15.8 Å². The predicted molar refractivity (Wildman–Crippen MR) is 105 cm³/mol. The van der Waals surface area contributed by atoms with Crippen LogP contribution in [-0.4, -0.2) is 33.2 Å². The highest BCUT2D eigenvalue weighted by atomic mass is 79.9. The van der Waals surface area contributed by atoms with Crippen LogP contribution in [0.1, 0.15) is 12.0 Å². The first-order valence-electron chi connectivity index (χ1n) is 8.16. The van der Waals surface area contributed by atoms with Crippen molar-refractivity contribution in [2.75, 3.05) is 22.4 Å². The molecule has 0 spiro atoms. The van der Waals surface area contributed by atoms with Crippen LogP contribution in [0.3, 0.4) is 0 Å². The van der Waals surface area contributed by atoms with Crippen molar-refractivity contribution in [3.63, 3.8) is 0 Å². The summed E-state index contributed by atoms with van der Waals surface area (Å²) in [5.74, 6) is -0.835. The standard InChI is InChI=1S/C18H18BrFN2O4S/c1-11-3-6-16-15(9-11)22(27(2,24)25)8-7-17(26-16)18(23)21-14-5-4-12(19)10-13(14)20/h3-6,9-10,17H,7-8H2,1-2H3,(H,21,23). The molecular formula is C18H18BrFN2O4S. The van der Waals surface area contributed by atoms with Crippen LogP contribution < -0.4 is 14.4 Å². The molecule has 0 aromatic heterocycles. The summed E-state index contributed by atoms with van der Waals surface area (Å²) in [6.45, 7) is 1.92. The third-order valence-electron chi connectivity index (χ3n) is 4.13. The quantitative estimate of drug-likeness (QED) is 0.767. The largest absolute Gasteiger partial charge is 0.478 e. The van der Waals surface area contributed by atoms with Crippen molar-refractivity contribution in [1.82, 2.24) is 0 Å². The molecule has 27 heavy (non-hydrogen) atoms. The molecule has 1 aliphatic heterocycles. The Morgan fingerprint density at radius 2 is 2.04 bits per heavy atom. The van der Waals surface area contributed by atoms with Gasteiger partial charge < -0.3 is 10.1 Å². The Bertz CT molecular complexity index is 997. The maximum Gasteiger partial charge on any atom is 0.265 e. The molecule has 2 aromatic carbocycles. The summed E-state index contributed by atoms with van der Waals surface area (Å²) in [6.07, 6.45) is 0.280. The molecular weight excluding hydrogens is 439 g/mol. The van der Waals surface area contributed by atoms with Crippen LogP contribution >= 0.6 is 15.9 Å². The molecule has 0 saturated heterocycles. The summed E-state index contributed by atoms with van der Waals surface area (Å²) >= 11 is 3.16. The van der Waals surface area contributed by atoms with Crippen LogP contribution in [0.15, 0.2) is 40.9 Å². The summed E-state index contributed by atoms with van der Waals surface area (Å²) in [5.41, 5.74) is 1.29. The van der Waals surface area contributed by atoms with Gasteiger partial charge in [-0.1, -0.05) is 22.0 Å². The lowest BCUT2D eigenvalue weighted by Crippen LogP contribution is -2.36. The number of benzene rings is 2. The van der Waals surface area contributed by atoms with Gasteiger partial charge in [0.2, 0.25) is 10.0 Å². The first-order valence-corrected chi connectivity index (χ1v) is 10.8. The number of carbonyl (C=O) groups is 1. The second kappa shape index (κ2) is 7.47. The van der Waals surface area contributed by atoms with Crippen LogP contribution in [0.2, 0.25) is 0 Å². The minimum absolute atomic E-state index is 0.0279. The van der Waals surface area contributed by atoms with E-state index in [1.54, 1.807) is 24.3 Å². The smallest absolute Gasteiger partial charge is 0.265 e. The van der Waals surface area contributed by atoms with E-state index in [0.29, 0.717) is 15.9 Å². The number of aryl methyl sites for hydroxylation is 1.